The summed E-state index contributed by atoms with van der Waals surface area (Å²) in [6.45, 7) is 11.0. The summed E-state index contributed by atoms with van der Waals surface area (Å²) in [4.78, 5) is 39.4. The number of halogens is 2. The van der Waals surface area contributed by atoms with Crippen LogP contribution in [0.25, 0.3) is 16.9 Å². The highest BCUT2D eigenvalue weighted by Gasteiger charge is 2.40. The normalized spacial score (nSPS) is 15.2. The molecule has 1 aliphatic rings. The lowest BCUT2D eigenvalue weighted by Gasteiger charge is -2.47. The monoisotopic (exact) mass is 546 g/mol. The lowest BCUT2D eigenvalue weighted by Crippen LogP contribution is -2.62. The van der Waals surface area contributed by atoms with Crippen molar-refractivity contribution in [2.75, 3.05) is 19.6 Å². The Bertz CT molecular complexity index is 1610. The predicted octanol–water partition coefficient (Wildman–Crippen LogP) is 5.13. The van der Waals surface area contributed by atoms with E-state index in [1.54, 1.807) is 40.5 Å². The van der Waals surface area contributed by atoms with E-state index in [4.69, 9.17) is 0 Å². The lowest BCUT2D eigenvalue weighted by molar-refractivity contribution is 0.0164. The van der Waals surface area contributed by atoms with Crippen LogP contribution in [0.2, 0.25) is 0 Å². The zero-order valence-electron chi connectivity index (χ0n) is 23.3. The molecule has 8 nitrogen and oxygen atoms in total. The van der Waals surface area contributed by atoms with Crippen molar-refractivity contribution in [3.63, 3.8) is 0 Å². The molecule has 40 heavy (non-hydrogen) atoms. The molecule has 1 fully saturated rings. The number of imidazole rings is 1. The number of piperazine rings is 1. The van der Waals surface area contributed by atoms with Crippen LogP contribution in [-0.4, -0.2) is 66.4 Å². The van der Waals surface area contributed by atoms with Gasteiger partial charge in [-0.1, -0.05) is 20.8 Å². The largest absolute Gasteiger partial charge is 0.335 e. The topological polar surface area (TPSA) is 83.7 Å². The van der Waals surface area contributed by atoms with E-state index in [0.717, 1.165) is 23.3 Å². The molecule has 10 heteroatoms. The second kappa shape index (κ2) is 10.4. The van der Waals surface area contributed by atoms with Crippen LogP contribution in [0.15, 0.2) is 48.9 Å². The summed E-state index contributed by atoms with van der Waals surface area (Å²) in [5.41, 5.74) is 3.34. The van der Waals surface area contributed by atoms with E-state index in [-0.39, 0.29) is 23.4 Å². The maximum Gasteiger partial charge on any atom is 0.274 e. The van der Waals surface area contributed by atoms with Crippen molar-refractivity contribution in [1.29, 1.82) is 0 Å². The molecule has 2 amide bonds. The Kier molecular flexibility index (Phi) is 7.12. The van der Waals surface area contributed by atoms with Crippen molar-refractivity contribution in [1.82, 2.24) is 29.4 Å². The quantitative estimate of drug-likeness (QED) is 0.347. The first-order valence-corrected chi connectivity index (χ1v) is 13.4. The third-order valence-corrected chi connectivity index (χ3v) is 7.46. The summed E-state index contributed by atoms with van der Waals surface area (Å²) in [5.74, 6) is -2.18. The number of carbonyl (C=O) groups excluding carboxylic acids is 2. The van der Waals surface area contributed by atoms with Crippen molar-refractivity contribution in [2.24, 2.45) is 0 Å². The zero-order valence-corrected chi connectivity index (χ0v) is 23.3. The highest BCUT2D eigenvalue weighted by molar-refractivity contribution is 5.97. The van der Waals surface area contributed by atoms with Gasteiger partial charge in [0.1, 0.15) is 5.69 Å². The van der Waals surface area contributed by atoms with E-state index in [9.17, 15) is 18.4 Å². The van der Waals surface area contributed by atoms with Gasteiger partial charge in [0.15, 0.2) is 17.3 Å². The van der Waals surface area contributed by atoms with Crippen LogP contribution in [0.5, 0.6) is 0 Å². The molecule has 1 aromatic carbocycles. The van der Waals surface area contributed by atoms with E-state index in [2.05, 4.69) is 15.1 Å². The molecule has 1 aliphatic heterocycles. The second-order valence-electron chi connectivity index (χ2n) is 11.0. The van der Waals surface area contributed by atoms with E-state index >= 15 is 0 Å². The minimum Gasteiger partial charge on any atom is -0.335 e. The van der Waals surface area contributed by atoms with Crippen LogP contribution in [0.1, 0.15) is 72.5 Å². The number of fused-ring (bicyclic) bond motifs is 1. The molecule has 0 N–H and O–H groups in total. The van der Waals surface area contributed by atoms with Gasteiger partial charge in [0.25, 0.3) is 11.8 Å². The zero-order chi connectivity index (χ0) is 28.8. The molecule has 5 rings (SSSR count). The van der Waals surface area contributed by atoms with Gasteiger partial charge in [0, 0.05) is 48.7 Å². The molecule has 0 aliphatic carbocycles. The average Bonchev–Trinajstić information content (AvgIpc) is 3.37. The third kappa shape index (κ3) is 4.94. The number of carbonyl (C=O) groups is 2. The van der Waals surface area contributed by atoms with Crippen molar-refractivity contribution in [2.45, 2.75) is 52.5 Å². The van der Waals surface area contributed by atoms with Crippen molar-refractivity contribution in [3.05, 3.63) is 82.9 Å². The van der Waals surface area contributed by atoms with Crippen LogP contribution in [0.4, 0.5) is 8.78 Å². The molecule has 0 bridgehead atoms. The Morgan fingerprint density at radius 3 is 2.50 bits per heavy atom. The van der Waals surface area contributed by atoms with Crippen molar-refractivity contribution >= 4 is 17.5 Å². The van der Waals surface area contributed by atoms with Crippen LogP contribution in [-0.2, 0) is 6.42 Å². The first-order chi connectivity index (χ1) is 19.0. The highest BCUT2D eigenvalue weighted by atomic mass is 19.2. The molecule has 0 unspecified atom stereocenters. The smallest absolute Gasteiger partial charge is 0.274 e. The summed E-state index contributed by atoms with van der Waals surface area (Å²) in [5, 5.41) is 4.57. The predicted molar refractivity (Wildman–Crippen MR) is 147 cm³/mol. The average molecular weight is 547 g/mol. The van der Waals surface area contributed by atoms with Gasteiger partial charge in [-0.2, -0.15) is 5.10 Å². The number of hydrogen-bond donors (Lipinski definition) is 0. The molecular weight excluding hydrogens is 514 g/mol. The van der Waals surface area contributed by atoms with Gasteiger partial charge >= 0.3 is 0 Å². The first kappa shape index (κ1) is 27.4. The molecule has 4 heterocycles. The van der Waals surface area contributed by atoms with Gasteiger partial charge < -0.3 is 9.80 Å². The Hall–Kier alpha value is -4.21. The first-order valence-electron chi connectivity index (χ1n) is 13.4. The van der Waals surface area contributed by atoms with Crippen LogP contribution in [0, 0.1) is 11.6 Å². The molecular formula is C30H32F2N6O2. The van der Waals surface area contributed by atoms with Gasteiger partial charge in [-0.3, -0.25) is 14.6 Å². The lowest BCUT2D eigenvalue weighted by atomic mass is 9.97. The number of benzene rings is 1. The van der Waals surface area contributed by atoms with Gasteiger partial charge in [-0.25, -0.2) is 18.3 Å². The fourth-order valence-corrected chi connectivity index (χ4v) is 5.26. The van der Waals surface area contributed by atoms with E-state index in [1.807, 2.05) is 34.6 Å². The SMILES string of the molecule is CCc1cnccc1C(=O)N1CCN(C(=O)c2cn3nc(-c4ccc(F)c(F)c4)cc(C(C)C)c3n2)C(C)(C)C1. The Labute approximate surface area is 231 Å². The van der Waals surface area contributed by atoms with E-state index in [0.29, 0.717) is 48.5 Å². The molecule has 0 spiro atoms. The molecule has 0 atom stereocenters. The Morgan fingerprint density at radius 1 is 1.05 bits per heavy atom. The molecule has 3 aromatic heterocycles. The molecule has 0 saturated carbocycles. The molecule has 0 radical (unpaired) electrons. The fraction of sp³-hybridized carbons (Fsp3) is 0.367. The van der Waals surface area contributed by atoms with Crippen molar-refractivity contribution in [3.8, 4) is 11.3 Å². The second-order valence-corrected chi connectivity index (χ2v) is 11.0. The molecule has 4 aromatic rings. The summed E-state index contributed by atoms with van der Waals surface area (Å²) in [7, 11) is 0. The van der Waals surface area contributed by atoms with Gasteiger partial charge in [-0.15, -0.1) is 0 Å². The Balaban J connectivity index is 1.44. The van der Waals surface area contributed by atoms with E-state index < -0.39 is 17.2 Å². The number of pyridine rings is 1. The van der Waals surface area contributed by atoms with Gasteiger partial charge in [-0.05, 0) is 62.1 Å². The summed E-state index contributed by atoms with van der Waals surface area (Å²) < 4.78 is 29.0. The number of aryl methyl sites for hydroxylation is 1. The standard InChI is InChI=1S/C30H32F2N6O2/c1-6-19-15-33-10-9-21(19)28(39)36-11-12-37(30(4,5)17-36)29(40)26-16-38-27(34-26)22(18(2)3)14-25(35-38)20-7-8-23(31)24(32)13-20/h7-10,13-16,18H,6,11-12,17H2,1-5H3. The van der Waals surface area contributed by atoms with Crippen molar-refractivity contribution < 1.29 is 18.4 Å². The summed E-state index contributed by atoms with van der Waals surface area (Å²) in [6.07, 6.45) is 5.62. The number of nitrogens with zero attached hydrogens (tertiary/aromatic N) is 6. The highest BCUT2D eigenvalue weighted by Crippen LogP contribution is 2.29. The number of amides is 2. The minimum absolute atomic E-state index is 0.0343. The summed E-state index contributed by atoms with van der Waals surface area (Å²) in [6, 6.07) is 7.19. The van der Waals surface area contributed by atoms with E-state index in [1.165, 1.54) is 10.6 Å². The number of hydrogen-bond acceptors (Lipinski definition) is 5. The minimum atomic E-state index is -0.957. The Morgan fingerprint density at radius 2 is 1.82 bits per heavy atom. The van der Waals surface area contributed by atoms with Crippen LogP contribution in [0.3, 0.4) is 0 Å². The molecule has 208 valence electrons. The van der Waals surface area contributed by atoms with Gasteiger partial charge in [0.2, 0.25) is 0 Å². The van der Waals surface area contributed by atoms with Crippen LogP contribution < -0.4 is 0 Å². The fourth-order valence-electron chi connectivity index (χ4n) is 5.26. The number of aromatic nitrogens is 4. The summed E-state index contributed by atoms with van der Waals surface area (Å²) >= 11 is 0. The van der Waals surface area contributed by atoms with Gasteiger partial charge in [0.05, 0.1) is 17.4 Å². The maximum absolute atomic E-state index is 13.9. The number of rotatable bonds is 5. The molecule has 1 saturated heterocycles. The van der Waals surface area contributed by atoms with Crippen LogP contribution >= 0.6 is 0 Å². The third-order valence-electron chi connectivity index (χ3n) is 7.46. The maximum atomic E-state index is 13.9.